The Balaban J connectivity index is 1.48. The largest absolute Gasteiger partial charge is 0.372 e. The minimum Gasteiger partial charge on any atom is -0.372 e. The Morgan fingerprint density at radius 2 is 1.92 bits per heavy atom. The highest BCUT2D eigenvalue weighted by molar-refractivity contribution is 5.85. The van der Waals surface area contributed by atoms with Crippen molar-refractivity contribution >= 4 is 11.8 Å². The Morgan fingerprint density at radius 3 is 2.76 bits per heavy atom. The van der Waals surface area contributed by atoms with E-state index in [2.05, 4.69) is 12.1 Å². The molecular weight excluding hydrogens is 316 g/mol. The van der Waals surface area contributed by atoms with E-state index in [9.17, 15) is 9.59 Å². The Kier molecular flexibility index (Phi) is 6.45. The van der Waals surface area contributed by atoms with Crippen molar-refractivity contribution in [3.63, 3.8) is 0 Å². The van der Waals surface area contributed by atoms with Crippen LogP contribution < -0.4 is 0 Å². The molecule has 2 amide bonds. The lowest BCUT2D eigenvalue weighted by atomic mass is 10.1. The fourth-order valence-corrected chi connectivity index (χ4v) is 3.56. The summed E-state index contributed by atoms with van der Waals surface area (Å²) < 4.78 is 6.01. The highest BCUT2D eigenvalue weighted by atomic mass is 16.5. The third-order valence-corrected chi connectivity index (χ3v) is 5.06. The highest BCUT2D eigenvalue weighted by Gasteiger charge is 2.27. The molecule has 1 aromatic rings. The SMILES string of the molecule is O=C1CCCCCN1CC(=O)N1CCC[C@H](OCc2ccccc2)C1. The summed E-state index contributed by atoms with van der Waals surface area (Å²) >= 11 is 0. The van der Waals surface area contributed by atoms with Gasteiger partial charge in [0.05, 0.1) is 19.3 Å². The molecule has 3 rings (SSSR count). The van der Waals surface area contributed by atoms with Gasteiger partial charge in [0.1, 0.15) is 0 Å². The van der Waals surface area contributed by atoms with Crippen LogP contribution in [0.3, 0.4) is 0 Å². The standard InChI is InChI=1S/C20H28N2O3/c23-19-11-5-2-6-12-22(19)15-20(24)21-13-7-10-18(14-21)25-16-17-8-3-1-4-9-17/h1,3-4,8-9,18H,2,5-7,10-16H2/t18-/m0/s1. The number of hydrogen-bond acceptors (Lipinski definition) is 3. The van der Waals surface area contributed by atoms with Crippen LogP contribution in [0, 0.1) is 0 Å². The van der Waals surface area contributed by atoms with Gasteiger partial charge in [-0.15, -0.1) is 0 Å². The first-order chi connectivity index (χ1) is 12.2. The summed E-state index contributed by atoms with van der Waals surface area (Å²) in [5.74, 6) is 0.183. The van der Waals surface area contributed by atoms with Crippen molar-refractivity contribution in [2.75, 3.05) is 26.2 Å². The normalized spacial score (nSPS) is 21.9. The number of nitrogens with zero attached hydrogens (tertiary/aromatic N) is 2. The molecule has 0 N–H and O–H groups in total. The molecule has 2 aliphatic rings. The van der Waals surface area contributed by atoms with Crippen LogP contribution in [0.2, 0.25) is 0 Å². The molecule has 0 bridgehead atoms. The Labute approximate surface area is 149 Å². The molecule has 2 fully saturated rings. The molecule has 0 unspecified atom stereocenters. The van der Waals surface area contributed by atoms with Gasteiger partial charge in [0.25, 0.3) is 0 Å². The highest BCUT2D eigenvalue weighted by Crippen LogP contribution is 2.17. The van der Waals surface area contributed by atoms with E-state index in [4.69, 9.17) is 4.74 Å². The minimum absolute atomic E-state index is 0.0586. The second kappa shape index (κ2) is 8.99. The molecule has 0 aliphatic carbocycles. The molecule has 1 atom stereocenters. The second-order valence-corrected chi connectivity index (χ2v) is 7.03. The molecule has 0 aromatic heterocycles. The van der Waals surface area contributed by atoms with Gasteiger partial charge in [-0.05, 0) is 31.2 Å². The van der Waals surface area contributed by atoms with Crippen molar-refractivity contribution in [1.29, 1.82) is 0 Å². The zero-order valence-electron chi connectivity index (χ0n) is 14.9. The van der Waals surface area contributed by atoms with E-state index in [0.717, 1.165) is 44.2 Å². The van der Waals surface area contributed by atoms with Gasteiger partial charge in [0.2, 0.25) is 11.8 Å². The van der Waals surface area contributed by atoms with Crippen LogP contribution in [0.1, 0.15) is 44.1 Å². The molecule has 136 valence electrons. The molecule has 1 aromatic carbocycles. The molecule has 5 heteroatoms. The number of amides is 2. The molecule has 2 heterocycles. The summed E-state index contributed by atoms with van der Waals surface area (Å²) in [6.07, 6.45) is 5.63. The topological polar surface area (TPSA) is 49.9 Å². The number of ether oxygens (including phenoxy) is 1. The van der Waals surface area contributed by atoms with E-state index in [-0.39, 0.29) is 24.5 Å². The Hall–Kier alpha value is -1.88. The second-order valence-electron chi connectivity index (χ2n) is 7.03. The number of hydrogen-bond donors (Lipinski definition) is 0. The van der Waals surface area contributed by atoms with E-state index >= 15 is 0 Å². The maximum absolute atomic E-state index is 12.6. The number of likely N-dealkylation sites (tertiary alicyclic amines) is 2. The van der Waals surface area contributed by atoms with Crippen molar-refractivity contribution in [2.24, 2.45) is 0 Å². The van der Waals surface area contributed by atoms with Crippen molar-refractivity contribution in [1.82, 2.24) is 9.80 Å². The van der Waals surface area contributed by atoms with Gasteiger partial charge in [-0.3, -0.25) is 9.59 Å². The van der Waals surface area contributed by atoms with E-state index in [0.29, 0.717) is 26.1 Å². The van der Waals surface area contributed by atoms with Crippen molar-refractivity contribution in [3.05, 3.63) is 35.9 Å². The quantitative estimate of drug-likeness (QED) is 0.825. The maximum Gasteiger partial charge on any atom is 0.242 e. The summed E-state index contributed by atoms with van der Waals surface area (Å²) in [7, 11) is 0. The number of carbonyl (C=O) groups excluding carboxylic acids is 2. The molecule has 5 nitrogen and oxygen atoms in total. The zero-order valence-corrected chi connectivity index (χ0v) is 14.9. The van der Waals surface area contributed by atoms with Crippen LogP contribution in [0.4, 0.5) is 0 Å². The van der Waals surface area contributed by atoms with E-state index < -0.39 is 0 Å². The predicted molar refractivity (Wildman–Crippen MR) is 95.9 cm³/mol. The predicted octanol–water partition coefficient (Wildman–Crippen LogP) is 2.60. The maximum atomic E-state index is 12.6. The van der Waals surface area contributed by atoms with Gasteiger partial charge in [-0.1, -0.05) is 36.8 Å². The van der Waals surface area contributed by atoms with Crippen LogP contribution in [-0.4, -0.2) is 53.9 Å². The molecule has 0 radical (unpaired) electrons. The number of benzene rings is 1. The Bertz CT molecular complexity index is 576. The van der Waals surface area contributed by atoms with Crippen molar-refractivity contribution < 1.29 is 14.3 Å². The average molecular weight is 344 g/mol. The number of carbonyl (C=O) groups is 2. The zero-order chi connectivity index (χ0) is 17.5. The van der Waals surface area contributed by atoms with E-state index in [1.54, 1.807) is 4.90 Å². The monoisotopic (exact) mass is 344 g/mol. The van der Waals surface area contributed by atoms with Gasteiger partial charge in [0, 0.05) is 26.1 Å². The fourth-order valence-electron chi connectivity index (χ4n) is 3.56. The first kappa shape index (κ1) is 17.9. The van der Waals surface area contributed by atoms with Crippen molar-refractivity contribution in [3.8, 4) is 0 Å². The average Bonchev–Trinajstić information content (AvgIpc) is 2.85. The summed E-state index contributed by atoms with van der Waals surface area (Å²) in [5.41, 5.74) is 1.15. The first-order valence-electron chi connectivity index (χ1n) is 9.43. The summed E-state index contributed by atoms with van der Waals surface area (Å²) in [6, 6.07) is 10.1. The van der Waals surface area contributed by atoms with Crippen LogP contribution in [0.25, 0.3) is 0 Å². The number of rotatable bonds is 5. The van der Waals surface area contributed by atoms with E-state index in [1.165, 1.54) is 0 Å². The fraction of sp³-hybridized carbons (Fsp3) is 0.600. The van der Waals surface area contributed by atoms with Crippen LogP contribution in [0.15, 0.2) is 30.3 Å². The summed E-state index contributed by atoms with van der Waals surface area (Å²) in [5, 5.41) is 0. The lowest BCUT2D eigenvalue weighted by molar-refractivity contribution is -0.142. The van der Waals surface area contributed by atoms with Gasteiger partial charge in [-0.25, -0.2) is 0 Å². The smallest absolute Gasteiger partial charge is 0.242 e. The van der Waals surface area contributed by atoms with Crippen LogP contribution >= 0.6 is 0 Å². The molecule has 0 saturated carbocycles. The van der Waals surface area contributed by atoms with Crippen LogP contribution in [0.5, 0.6) is 0 Å². The van der Waals surface area contributed by atoms with Gasteiger partial charge in [0.15, 0.2) is 0 Å². The summed E-state index contributed by atoms with van der Waals surface area (Å²) in [6.45, 7) is 2.93. The Morgan fingerprint density at radius 1 is 1.08 bits per heavy atom. The minimum atomic E-state index is 0.0586. The molecular formula is C20H28N2O3. The van der Waals surface area contributed by atoms with E-state index in [1.807, 2.05) is 23.1 Å². The third kappa shape index (κ3) is 5.30. The first-order valence-corrected chi connectivity index (χ1v) is 9.43. The molecule has 25 heavy (non-hydrogen) atoms. The molecule has 2 aliphatic heterocycles. The van der Waals surface area contributed by atoms with Crippen LogP contribution in [-0.2, 0) is 20.9 Å². The number of piperidine rings is 1. The summed E-state index contributed by atoms with van der Waals surface area (Å²) in [4.78, 5) is 28.3. The third-order valence-electron chi connectivity index (χ3n) is 5.06. The molecule has 0 spiro atoms. The van der Waals surface area contributed by atoms with Gasteiger partial charge >= 0.3 is 0 Å². The van der Waals surface area contributed by atoms with Gasteiger partial charge < -0.3 is 14.5 Å². The van der Waals surface area contributed by atoms with Crippen molar-refractivity contribution in [2.45, 2.75) is 51.2 Å². The molecule has 2 saturated heterocycles. The van der Waals surface area contributed by atoms with Gasteiger partial charge in [-0.2, -0.15) is 0 Å². The lowest BCUT2D eigenvalue weighted by Crippen LogP contribution is -2.48. The lowest BCUT2D eigenvalue weighted by Gasteiger charge is -2.34.